The molecule has 1 atom stereocenters. The number of piperidine rings is 1. The van der Waals surface area contributed by atoms with Crippen molar-refractivity contribution in [2.45, 2.75) is 64.0 Å². The van der Waals surface area contributed by atoms with Crippen molar-refractivity contribution in [3.8, 4) is 0 Å². The summed E-state index contributed by atoms with van der Waals surface area (Å²) in [7, 11) is 0. The fraction of sp³-hybridized carbons (Fsp3) is 0.636. The molecule has 3 heterocycles. The van der Waals surface area contributed by atoms with Crippen LogP contribution >= 0.6 is 0 Å². The lowest BCUT2D eigenvalue weighted by Crippen LogP contribution is -2.40. The quantitative estimate of drug-likeness (QED) is 0.871. The Morgan fingerprint density at radius 1 is 0.926 bits per heavy atom. The molecule has 1 unspecified atom stereocenters. The number of hydrogen-bond donors (Lipinski definition) is 1. The van der Waals surface area contributed by atoms with Gasteiger partial charge in [0.05, 0.1) is 12.1 Å². The number of aliphatic hydroxyl groups excluding tert-OH is 1. The Kier molecular flexibility index (Phi) is 6.20. The second-order valence-electron chi connectivity index (χ2n) is 8.01. The molecule has 5 nitrogen and oxygen atoms in total. The van der Waals surface area contributed by atoms with E-state index in [1.165, 1.54) is 50.3 Å². The Morgan fingerprint density at radius 3 is 2.52 bits per heavy atom. The van der Waals surface area contributed by atoms with Gasteiger partial charge in [0.25, 0.3) is 0 Å². The number of benzene rings is 1. The third-order valence-electron chi connectivity index (χ3n) is 6.09. The molecule has 0 aliphatic carbocycles. The van der Waals surface area contributed by atoms with Gasteiger partial charge in [-0.25, -0.2) is 9.97 Å². The van der Waals surface area contributed by atoms with E-state index in [0.717, 1.165) is 49.8 Å². The molecule has 146 valence electrons. The minimum atomic E-state index is 0.263. The monoisotopic (exact) mass is 368 g/mol. The number of fused-ring (bicyclic) bond motifs is 1. The van der Waals surface area contributed by atoms with Crippen LogP contribution in [0.3, 0.4) is 0 Å². The predicted molar refractivity (Wildman–Crippen MR) is 110 cm³/mol. The van der Waals surface area contributed by atoms with E-state index in [9.17, 15) is 5.11 Å². The molecule has 27 heavy (non-hydrogen) atoms. The van der Waals surface area contributed by atoms with Gasteiger partial charge in [-0.1, -0.05) is 31.4 Å². The van der Waals surface area contributed by atoms with Crippen LogP contribution in [-0.4, -0.2) is 52.3 Å². The molecular weight excluding hydrogens is 336 g/mol. The van der Waals surface area contributed by atoms with Gasteiger partial charge in [0, 0.05) is 31.1 Å². The van der Waals surface area contributed by atoms with Gasteiger partial charge in [0.1, 0.15) is 11.6 Å². The lowest BCUT2D eigenvalue weighted by molar-refractivity contribution is 0.110. The molecule has 2 fully saturated rings. The van der Waals surface area contributed by atoms with Crippen LogP contribution in [-0.2, 0) is 6.54 Å². The molecule has 0 bridgehead atoms. The van der Waals surface area contributed by atoms with Crippen molar-refractivity contribution in [3.63, 3.8) is 0 Å². The highest BCUT2D eigenvalue weighted by Crippen LogP contribution is 2.28. The largest absolute Gasteiger partial charge is 0.396 e. The maximum absolute atomic E-state index is 9.42. The number of likely N-dealkylation sites (tertiary alicyclic amines) is 1. The maximum Gasteiger partial charge on any atom is 0.145 e. The van der Waals surface area contributed by atoms with Gasteiger partial charge < -0.3 is 10.0 Å². The smallest absolute Gasteiger partial charge is 0.145 e. The first kappa shape index (κ1) is 18.6. The van der Waals surface area contributed by atoms with Crippen molar-refractivity contribution >= 4 is 16.7 Å². The van der Waals surface area contributed by atoms with Crippen molar-refractivity contribution in [2.24, 2.45) is 0 Å². The average molecular weight is 369 g/mol. The average Bonchev–Trinajstić information content (AvgIpc) is 2.98. The molecule has 1 aromatic carbocycles. The van der Waals surface area contributed by atoms with Gasteiger partial charge in [-0.3, -0.25) is 4.90 Å². The molecule has 2 aliphatic rings. The number of rotatable bonds is 5. The second kappa shape index (κ2) is 8.98. The summed E-state index contributed by atoms with van der Waals surface area (Å²) in [4.78, 5) is 14.9. The SMILES string of the molecule is OCCC1CCCCN1Cc1nc(N2CCCCCC2)c2ccccc2n1. The molecule has 2 saturated heterocycles. The van der Waals surface area contributed by atoms with Gasteiger partial charge >= 0.3 is 0 Å². The summed E-state index contributed by atoms with van der Waals surface area (Å²) in [5, 5.41) is 10.6. The minimum absolute atomic E-state index is 0.263. The highest BCUT2D eigenvalue weighted by atomic mass is 16.3. The third-order valence-corrected chi connectivity index (χ3v) is 6.09. The van der Waals surface area contributed by atoms with E-state index in [0.29, 0.717) is 6.04 Å². The van der Waals surface area contributed by atoms with Crippen molar-refractivity contribution in [1.82, 2.24) is 14.9 Å². The molecule has 2 aromatic rings. The lowest BCUT2D eigenvalue weighted by Gasteiger charge is -2.35. The van der Waals surface area contributed by atoms with Crippen LogP contribution in [0.4, 0.5) is 5.82 Å². The Labute approximate surface area is 162 Å². The maximum atomic E-state index is 9.42. The first-order chi connectivity index (χ1) is 13.3. The highest BCUT2D eigenvalue weighted by molar-refractivity contribution is 5.89. The van der Waals surface area contributed by atoms with Crippen LogP contribution in [0.15, 0.2) is 24.3 Å². The third kappa shape index (κ3) is 4.41. The van der Waals surface area contributed by atoms with Crippen LogP contribution in [0.1, 0.15) is 57.2 Å². The van der Waals surface area contributed by atoms with Gasteiger partial charge in [-0.05, 0) is 50.8 Å². The van der Waals surface area contributed by atoms with Crippen LogP contribution < -0.4 is 4.90 Å². The van der Waals surface area contributed by atoms with Crippen molar-refractivity contribution < 1.29 is 5.11 Å². The van der Waals surface area contributed by atoms with Gasteiger partial charge in [0.15, 0.2) is 0 Å². The predicted octanol–water partition coefficient (Wildman–Crippen LogP) is 3.75. The number of hydrogen-bond acceptors (Lipinski definition) is 5. The number of anilines is 1. The van der Waals surface area contributed by atoms with Crippen LogP contribution in [0.5, 0.6) is 0 Å². The zero-order valence-corrected chi connectivity index (χ0v) is 16.3. The van der Waals surface area contributed by atoms with E-state index in [4.69, 9.17) is 9.97 Å². The summed E-state index contributed by atoms with van der Waals surface area (Å²) >= 11 is 0. The normalized spacial score (nSPS) is 22.1. The summed E-state index contributed by atoms with van der Waals surface area (Å²) in [5.74, 6) is 2.05. The van der Waals surface area contributed by atoms with E-state index in [2.05, 4.69) is 34.1 Å². The number of aliphatic hydroxyl groups is 1. The zero-order valence-electron chi connectivity index (χ0n) is 16.3. The molecule has 1 N–H and O–H groups in total. The molecule has 5 heteroatoms. The van der Waals surface area contributed by atoms with E-state index in [1.54, 1.807) is 0 Å². The fourth-order valence-corrected chi connectivity index (χ4v) is 4.63. The summed E-state index contributed by atoms with van der Waals surface area (Å²) in [6.45, 7) is 4.32. The Balaban J connectivity index is 1.64. The summed E-state index contributed by atoms with van der Waals surface area (Å²) in [6, 6.07) is 8.90. The first-order valence-corrected chi connectivity index (χ1v) is 10.7. The molecule has 0 saturated carbocycles. The molecule has 0 radical (unpaired) electrons. The summed E-state index contributed by atoms with van der Waals surface area (Å²) in [6.07, 6.45) is 9.66. The lowest BCUT2D eigenvalue weighted by atomic mass is 9.99. The zero-order chi connectivity index (χ0) is 18.5. The first-order valence-electron chi connectivity index (χ1n) is 10.7. The van der Waals surface area contributed by atoms with Gasteiger partial charge in [-0.15, -0.1) is 0 Å². The van der Waals surface area contributed by atoms with E-state index < -0.39 is 0 Å². The summed E-state index contributed by atoms with van der Waals surface area (Å²) < 4.78 is 0. The van der Waals surface area contributed by atoms with Crippen LogP contribution in [0.2, 0.25) is 0 Å². The molecule has 2 aliphatic heterocycles. The van der Waals surface area contributed by atoms with Crippen LogP contribution in [0, 0.1) is 0 Å². The van der Waals surface area contributed by atoms with Crippen molar-refractivity contribution in [1.29, 1.82) is 0 Å². The number of para-hydroxylation sites is 1. The van der Waals surface area contributed by atoms with Crippen LogP contribution in [0.25, 0.3) is 10.9 Å². The van der Waals surface area contributed by atoms with E-state index >= 15 is 0 Å². The molecule has 0 spiro atoms. The molecule has 1 aromatic heterocycles. The minimum Gasteiger partial charge on any atom is -0.396 e. The number of aromatic nitrogens is 2. The van der Waals surface area contributed by atoms with E-state index in [1.807, 2.05) is 0 Å². The van der Waals surface area contributed by atoms with Gasteiger partial charge in [0.2, 0.25) is 0 Å². The molecular formula is C22H32N4O. The molecule has 0 amide bonds. The van der Waals surface area contributed by atoms with E-state index in [-0.39, 0.29) is 6.61 Å². The van der Waals surface area contributed by atoms with Crippen molar-refractivity contribution in [3.05, 3.63) is 30.1 Å². The summed E-state index contributed by atoms with van der Waals surface area (Å²) in [5.41, 5.74) is 1.05. The molecule has 4 rings (SSSR count). The van der Waals surface area contributed by atoms with Crippen molar-refractivity contribution in [2.75, 3.05) is 31.1 Å². The topological polar surface area (TPSA) is 52.5 Å². The Bertz CT molecular complexity index is 740. The Hall–Kier alpha value is -1.72. The second-order valence-corrected chi connectivity index (χ2v) is 8.01. The highest BCUT2D eigenvalue weighted by Gasteiger charge is 2.24. The fourth-order valence-electron chi connectivity index (χ4n) is 4.63. The van der Waals surface area contributed by atoms with Gasteiger partial charge in [-0.2, -0.15) is 0 Å². The Morgan fingerprint density at radius 2 is 1.70 bits per heavy atom. The number of nitrogens with zero attached hydrogens (tertiary/aromatic N) is 4. The standard InChI is InChI=1S/C22H32N4O/c27-16-12-18-9-5-8-15-26(18)17-21-23-20-11-4-3-10-19(20)22(24-21)25-13-6-1-2-7-14-25/h3-4,10-11,18,27H,1-2,5-9,12-17H2.